The number of nitrogens with zero attached hydrogens (tertiary/aromatic N) is 2. The first-order valence-corrected chi connectivity index (χ1v) is 16.4. The van der Waals surface area contributed by atoms with Gasteiger partial charge in [-0.1, -0.05) is 71.8 Å². The number of aliphatic hydroxyl groups excluding tert-OH is 1. The average Bonchev–Trinajstić information content (AvgIpc) is 3.07. The fraction of sp³-hybridized carbons (Fsp3) is 0.244. The highest BCUT2D eigenvalue weighted by Gasteiger charge is 2.46. The van der Waals surface area contributed by atoms with Gasteiger partial charge in [-0.05, 0) is 105 Å². The molecule has 0 saturated heterocycles. The minimum absolute atomic E-state index is 0.0807. The molecule has 3 aromatic carbocycles. The highest BCUT2D eigenvalue weighted by Crippen LogP contribution is 2.41. The topological polar surface area (TPSA) is 91.2 Å². The van der Waals surface area contributed by atoms with Crippen molar-refractivity contribution >= 4 is 34.7 Å². The summed E-state index contributed by atoms with van der Waals surface area (Å²) in [7, 11) is 0. The molecular formula is C41H41N3O4. The predicted octanol–water partition coefficient (Wildman–Crippen LogP) is 8.24. The van der Waals surface area contributed by atoms with Crippen LogP contribution >= 0.6 is 0 Å². The third-order valence-corrected chi connectivity index (χ3v) is 8.94. The summed E-state index contributed by atoms with van der Waals surface area (Å²) < 4.78 is 5.55. The molecule has 2 N–H and O–H groups in total. The molecule has 0 bridgehead atoms. The van der Waals surface area contributed by atoms with E-state index in [0.29, 0.717) is 17.7 Å². The monoisotopic (exact) mass is 639 g/mol. The fourth-order valence-electron chi connectivity index (χ4n) is 6.41. The Kier molecular flexibility index (Phi) is 9.69. The quantitative estimate of drug-likeness (QED) is 0.242. The number of nitrogens with one attached hydrogen (secondary N) is 1. The molecule has 3 aliphatic rings. The van der Waals surface area contributed by atoms with E-state index in [1.807, 2.05) is 85.9 Å². The van der Waals surface area contributed by atoms with E-state index < -0.39 is 18.1 Å². The van der Waals surface area contributed by atoms with Crippen LogP contribution in [0.3, 0.4) is 0 Å². The number of ether oxygens (including phenoxy) is 1. The molecule has 6 rings (SSSR count). The van der Waals surface area contributed by atoms with Crippen molar-refractivity contribution in [1.29, 1.82) is 0 Å². The molecule has 1 saturated carbocycles. The van der Waals surface area contributed by atoms with Crippen LogP contribution in [0.25, 0.3) is 0 Å². The number of carbonyl (C=O) groups excluding carboxylic acids is 2. The molecule has 48 heavy (non-hydrogen) atoms. The van der Waals surface area contributed by atoms with E-state index in [-0.39, 0.29) is 12.4 Å². The summed E-state index contributed by atoms with van der Waals surface area (Å²) in [6.45, 7) is 8.82. The largest absolute Gasteiger partial charge is 0.447 e. The molecule has 3 aromatic rings. The van der Waals surface area contributed by atoms with E-state index in [2.05, 4.69) is 55.3 Å². The Labute approximate surface area is 282 Å². The number of hydrogen-bond donors (Lipinski definition) is 2. The van der Waals surface area contributed by atoms with Gasteiger partial charge in [-0.2, -0.15) is 0 Å². The van der Waals surface area contributed by atoms with E-state index in [9.17, 15) is 14.7 Å². The minimum Gasteiger partial charge on any atom is -0.447 e. The molecule has 0 aromatic heterocycles. The predicted molar refractivity (Wildman–Crippen MR) is 192 cm³/mol. The van der Waals surface area contributed by atoms with Crippen molar-refractivity contribution in [1.82, 2.24) is 5.32 Å². The highest BCUT2D eigenvalue weighted by molar-refractivity contribution is 6.13. The summed E-state index contributed by atoms with van der Waals surface area (Å²) in [4.78, 5) is 32.7. The number of ketones is 1. The zero-order valence-electron chi connectivity index (χ0n) is 27.9. The normalized spacial score (nSPS) is 18.4. The van der Waals surface area contributed by atoms with Crippen LogP contribution in [-0.2, 0) is 9.53 Å². The molecule has 2 unspecified atom stereocenters. The second-order valence-electron chi connectivity index (χ2n) is 12.6. The molecule has 1 fully saturated rings. The number of anilines is 2. The van der Waals surface area contributed by atoms with Crippen molar-refractivity contribution in [2.24, 2.45) is 4.99 Å². The highest BCUT2D eigenvalue weighted by atomic mass is 16.5. The first-order chi connectivity index (χ1) is 23.2. The third-order valence-electron chi connectivity index (χ3n) is 8.94. The van der Waals surface area contributed by atoms with Crippen molar-refractivity contribution in [3.05, 3.63) is 148 Å². The Hall–Kier alpha value is -5.27. The molecule has 0 aliphatic heterocycles. The van der Waals surface area contributed by atoms with Crippen LogP contribution in [-0.4, -0.2) is 42.0 Å². The molecule has 244 valence electrons. The van der Waals surface area contributed by atoms with E-state index in [1.165, 1.54) is 5.56 Å². The van der Waals surface area contributed by atoms with Gasteiger partial charge in [0.1, 0.15) is 6.61 Å². The van der Waals surface area contributed by atoms with Gasteiger partial charge in [-0.15, -0.1) is 0 Å². The number of allylic oxidation sites excluding steroid dienone is 8. The van der Waals surface area contributed by atoms with Gasteiger partial charge in [0.05, 0.1) is 30.0 Å². The first kappa shape index (κ1) is 32.7. The zero-order chi connectivity index (χ0) is 33.8. The number of aryl methyl sites for hydroxylation is 4. The second-order valence-corrected chi connectivity index (χ2v) is 12.6. The lowest BCUT2D eigenvalue weighted by molar-refractivity contribution is -0.125. The van der Waals surface area contributed by atoms with Gasteiger partial charge in [0.25, 0.3) is 0 Å². The van der Waals surface area contributed by atoms with Gasteiger partial charge in [0.15, 0.2) is 5.78 Å². The number of aliphatic hydroxyl groups is 1. The van der Waals surface area contributed by atoms with Crippen LogP contribution in [0.2, 0.25) is 0 Å². The van der Waals surface area contributed by atoms with E-state index >= 15 is 0 Å². The smallest absolute Gasteiger partial charge is 0.411 e. The lowest BCUT2D eigenvalue weighted by atomic mass is 9.69. The Morgan fingerprint density at radius 3 is 2.25 bits per heavy atom. The van der Waals surface area contributed by atoms with Crippen LogP contribution in [0.4, 0.5) is 21.9 Å². The summed E-state index contributed by atoms with van der Waals surface area (Å²) in [5, 5.41) is 14.0. The lowest BCUT2D eigenvalue weighted by Crippen LogP contribution is -2.43. The summed E-state index contributed by atoms with van der Waals surface area (Å²) in [6.07, 6.45) is 13.8. The maximum Gasteiger partial charge on any atom is 0.411 e. The van der Waals surface area contributed by atoms with E-state index in [1.54, 1.807) is 0 Å². The number of hydrogen-bond acceptors (Lipinski definition) is 6. The Morgan fingerprint density at radius 1 is 0.896 bits per heavy atom. The standard InChI is InChI=1S/C41H41N3O4/c1-26-10-20-35(28(3)24-26)42-33-16-12-30(13-17-33)37-39(45)38(40(37)46)31-14-18-34(19-15-31)44(36-21-11-27(2)25-29(36)4)22-23-48-41(47)43-32-8-6-5-7-9-32/h6,8-21,24-25,38-39,45H,5,7,22-23H2,1-4H3,(H,43,47). The number of alkyl carbamates (subject to hydrolysis) is 1. The minimum atomic E-state index is -0.901. The van der Waals surface area contributed by atoms with Gasteiger partial charge < -0.3 is 14.7 Å². The summed E-state index contributed by atoms with van der Waals surface area (Å²) >= 11 is 0. The number of amides is 1. The van der Waals surface area contributed by atoms with Crippen LogP contribution in [0.1, 0.15) is 46.6 Å². The van der Waals surface area contributed by atoms with Gasteiger partial charge in [0.2, 0.25) is 0 Å². The van der Waals surface area contributed by atoms with Crippen molar-refractivity contribution in [3.63, 3.8) is 0 Å². The van der Waals surface area contributed by atoms with Crippen LogP contribution in [0.15, 0.2) is 125 Å². The Bertz CT molecular complexity index is 1910. The Morgan fingerprint density at radius 2 is 1.60 bits per heavy atom. The number of rotatable bonds is 8. The molecule has 7 nitrogen and oxygen atoms in total. The number of Topliss-reactive ketones (excluding diaryl/α,β-unsaturated/α-hetero) is 1. The number of benzene rings is 3. The van der Waals surface area contributed by atoms with Gasteiger partial charge in [0, 0.05) is 22.6 Å². The maximum atomic E-state index is 13.4. The molecule has 3 aliphatic carbocycles. The number of aliphatic imine (C=N–C) groups is 1. The van der Waals surface area contributed by atoms with Gasteiger partial charge >= 0.3 is 6.09 Å². The fourth-order valence-corrected chi connectivity index (χ4v) is 6.41. The number of carbonyl (C=O) groups is 2. The SMILES string of the molecule is Cc1ccc(N=C2C=CC(=C3C(=O)C(c4ccc(N(CCOC(=O)NC5=CCCC=C5)c5ccc(C)cc5C)cc4)C3O)C=C2)c(C)c1. The van der Waals surface area contributed by atoms with Crippen LogP contribution in [0.5, 0.6) is 0 Å². The van der Waals surface area contributed by atoms with Crippen LogP contribution < -0.4 is 10.2 Å². The first-order valence-electron chi connectivity index (χ1n) is 16.4. The van der Waals surface area contributed by atoms with Crippen molar-refractivity contribution < 1.29 is 19.4 Å². The van der Waals surface area contributed by atoms with E-state index in [4.69, 9.17) is 9.73 Å². The van der Waals surface area contributed by atoms with Gasteiger partial charge in [-0.25, -0.2) is 9.79 Å². The molecule has 0 spiro atoms. The average molecular weight is 640 g/mol. The third kappa shape index (κ3) is 7.16. The zero-order valence-corrected chi connectivity index (χ0v) is 27.9. The molecule has 1 amide bonds. The molecule has 2 atom stereocenters. The molecule has 7 heteroatoms. The van der Waals surface area contributed by atoms with Crippen LogP contribution in [0, 0.1) is 27.7 Å². The maximum absolute atomic E-state index is 13.4. The van der Waals surface area contributed by atoms with Crippen molar-refractivity contribution in [3.8, 4) is 0 Å². The summed E-state index contributed by atoms with van der Waals surface area (Å²) in [6, 6.07) is 20.1. The molecular weight excluding hydrogens is 598 g/mol. The van der Waals surface area contributed by atoms with Crippen molar-refractivity contribution in [2.75, 3.05) is 18.1 Å². The van der Waals surface area contributed by atoms with Gasteiger partial charge in [-0.3, -0.25) is 10.1 Å². The molecule has 0 radical (unpaired) electrons. The summed E-state index contributed by atoms with van der Waals surface area (Å²) in [5.41, 5.74) is 10.8. The lowest BCUT2D eigenvalue weighted by Gasteiger charge is -2.36. The molecule has 0 heterocycles. The summed E-state index contributed by atoms with van der Waals surface area (Å²) in [5.74, 6) is -0.707. The Balaban J connectivity index is 1.15. The van der Waals surface area contributed by atoms with E-state index in [0.717, 1.165) is 63.6 Å². The van der Waals surface area contributed by atoms with Crippen molar-refractivity contribution in [2.45, 2.75) is 52.6 Å². The second kappa shape index (κ2) is 14.2.